The molecule has 0 fully saturated rings. The molecule has 1 heteroatoms. The highest BCUT2D eigenvalue weighted by molar-refractivity contribution is 6.22. The molecule has 2 aliphatic carbocycles. The fourth-order valence-electron chi connectivity index (χ4n) is 9.73. The third kappa shape index (κ3) is 3.76. The Bertz CT molecular complexity index is 2910. The minimum atomic E-state index is -0.0903. The van der Waals surface area contributed by atoms with Crippen LogP contribution in [0.3, 0.4) is 0 Å². The fraction of sp³-hybridized carbons (Fsp3) is 0.120. The molecule has 0 atom stereocenters. The Morgan fingerprint density at radius 1 is 0.333 bits per heavy atom. The highest BCUT2D eigenvalue weighted by atomic mass is 16.3. The van der Waals surface area contributed by atoms with Gasteiger partial charge in [0.25, 0.3) is 0 Å². The summed E-state index contributed by atoms with van der Waals surface area (Å²) in [6.45, 7) is 9.57. The summed E-state index contributed by atoms with van der Waals surface area (Å²) in [6.07, 6.45) is 0. The van der Waals surface area contributed by atoms with Crippen molar-refractivity contribution in [3.05, 3.63) is 168 Å². The molecule has 9 aromatic rings. The lowest BCUT2D eigenvalue weighted by Crippen LogP contribution is -2.18. The Morgan fingerprint density at radius 3 is 1.47 bits per heavy atom. The van der Waals surface area contributed by atoms with Gasteiger partial charge in [-0.3, -0.25) is 0 Å². The Morgan fingerprint density at radius 2 is 0.804 bits per heavy atom. The standard InChI is InChI=1S/C50H36O/c1-49(2)41-19-11-9-13-31(41)38-27-39-37-25-29(21-23-42(37)50(3,4)44(39)28-43(38)49)47-33-15-5-7-17-35(33)48(36-18-8-6-16-34(36)47)30-22-24-46-40(26-30)32-14-10-12-20-45(32)51-46/h5-28H,1-4H3. The molecule has 0 radical (unpaired) electrons. The number of hydrogen-bond donors (Lipinski definition) is 0. The van der Waals surface area contributed by atoms with Crippen molar-refractivity contribution < 1.29 is 4.42 Å². The Balaban J connectivity index is 1.16. The topological polar surface area (TPSA) is 13.1 Å². The van der Waals surface area contributed by atoms with Crippen LogP contribution in [0.25, 0.3) is 88.0 Å². The molecule has 0 aliphatic heterocycles. The van der Waals surface area contributed by atoms with Crippen molar-refractivity contribution in [3.8, 4) is 44.5 Å². The minimum absolute atomic E-state index is 0.0220. The van der Waals surface area contributed by atoms with Crippen LogP contribution in [0.2, 0.25) is 0 Å². The van der Waals surface area contributed by atoms with Gasteiger partial charge in [-0.05, 0) is 119 Å². The molecule has 0 unspecified atom stereocenters. The molecular formula is C50H36O. The first kappa shape index (κ1) is 28.9. The van der Waals surface area contributed by atoms with Gasteiger partial charge in [0.05, 0.1) is 0 Å². The smallest absolute Gasteiger partial charge is 0.135 e. The third-order valence-corrected chi connectivity index (χ3v) is 12.3. The monoisotopic (exact) mass is 652 g/mol. The highest BCUT2D eigenvalue weighted by Gasteiger charge is 2.41. The zero-order valence-electron chi connectivity index (χ0n) is 29.3. The van der Waals surface area contributed by atoms with E-state index < -0.39 is 0 Å². The van der Waals surface area contributed by atoms with Gasteiger partial charge in [-0.15, -0.1) is 0 Å². The summed E-state index contributed by atoms with van der Waals surface area (Å²) in [7, 11) is 0. The number of fused-ring (bicyclic) bond motifs is 11. The van der Waals surface area contributed by atoms with Crippen molar-refractivity contribution in [3.63, 3.8) is 0 Å². The van der Waals surface area contributed by atoms with Gasteiger partial charge in [0.1, 0.15) is 11.2 Å². The summed E-state index contributed by atoms with van der Waals surface area (Å²) in [5.41, 5.74) is 17.9. The molecule has 1 heterocycles. The van der Waals surface area contributed by atoms with Gasteiger partial charge in [-0.1, -0.05) is 143 Å². The van der Waals surface area contributed by atoms with Crippen LogP contribution >= 0.6 is 0 Å². The zero-order chi connectivity index (χ0) is 34.2. The predicted octanol–water partition coefficient (Wildman–Crippen LogP) is 13.8. The predicted molar refractivity (Wildman–Crippen MR) is 215 cm³/mol. The Labute approximate surface area is 297 Å². The second kappa shape index (κ2) is 9.86. The van der Waals surface area contributed by atoms with Gasteiger partial charge in [-0.2, -0.15) is 0 Å². The first-order chi connectivity index (χ1) is 24.8. The molecule has 1 nitrogen and oxygen atoms in total. The summed E-state index contributed by atoms with van der Waals surface area (Å²) >= 11 is 0. The molecule has 8 aromatic carbocycles. The molecular weight excluding hydrogens is 617 g/mol. The molecule has 242 valence electrons. The molecule has 0 N–H and O–H groups in total. The molecule has 2 aliphatic rings. The van der Waals surface area contributed by atoms with Crippen molar-refractivity contribution in [2.45, 2.75) is 38.5 Å². The average Bonchev–Trinajstić information content (AvgIpc) is 3.72. The molecule has 11 rings (SSSR count). The van der Waals surface area contributed by atoms with Crippen molar-refractivity contribution in [2.24, 2.45) is 0 Å². The number of para-hydroxylation sites is 1. The van der Waals surface area contributed by atoms with Crippen LogP contribution in [-0.4, -0.2) is 0 Å². The third-order valence-electron chi connectivity index (χ3n) is 12.3. The minimum Gasteiger partial charge on any atom is -0.456 e. The second-order valence-corrected chi connectivity index (χ2v) is 15.6. The van der Waals surface area contributed by atoms with Crippen molar-refractivity contribution in [1.82, 2.24) is 0 Å². The van der Waals surface area contributed by atoms with Gasteiger partial charge in [0.15, 0.2) is 0 Å². The van der Waals surface area contributed by atoms with E-state index in [4.69, 9.17) is 4.42 Å². The quantitative estimate of drug-likeness (QED) is 0.169. The summed E-state index contributed by atoms with van der Waals surface area (Å²) in [5.74, 6) is 0. The van der Waals surface area contributed by atoms with E-state index in [9.17, 15) is 0 Å². The summed E-state index contributed by atoms with van der Waals surface area (Å²) in [5, 5.41) is 7.36. The van der Waals surface area contributed by atoms with Crippen LogP contribution in [0.4, 0.5) is 0 Å². The van der Waals surface area contributed by atoms with Crippen molar-refractivity contribution in [1.29, 1.82) is 0 Å². The van der Waals surface area contributed by atoms with Crippen LogP contribution < -0.4 is 0 Å². The second-order valence-electron chi connectivity index (χ2n) is 15.6. The Kier molecular flexibility index (Phi) is 5.58. The summed E-state index contributed by atoms with van der Waals surface area (Å²) < 4.78 is 6.22. The van der Waals surface area contributed by atoms with Crippen molar-refractivity contribution in [2.75, 3.05) is 0 Å². The SMILES string of the molecule is CC1(C)c2ccccc2-c2cc3c(cc21)C(C)(C)c1ccc(-c2c4ccccc4c(-c4ccc5oc6ccccc6c5c4)c4ccccc24)cc1-3. The molecule has 0 bridgehead atoms. The summed E-state index contributed by atoms with van der Waals surface area (Å²) in [6, 6.07) is 54.3. The largest absolute Gasteiger partial charge is 0.456 e. The maximum absolute atomic E-state index is 6.22. The first-order valence-electron chi connectivity index (χ1n) is 18.1. The van der Waals surface area contributed by atoms with Gasteiger partial charge in [0, 0.05) is 21.6 Å². The maximum Gasteiger partial charge on any atom is 0.135 e. The first-order valence-corrected chi connectivity index (χ1v) is 18.1. The van der Waals surface area contributed by atoms with Crippen LogP contribution in [0.15, 0.2) is 150 Å². The highest BCUT2D eigenvalue weighted by Crippen LogP contribution is 2.57. The van der Waals surface area contributed by atoms with E-state index in [1.807, 2.05) is 6.07 Å². The van der Waals surface area contributed by atoms with E-state index >= 15 is 0 Å². The van der Waals surface area contributed by atoms with E-state index in [2.05, 4.69) is 167 Å². The molecule has 0 spiro atoms. The van der Waals surface area contributed by atoms with Gasteiger partial charge in [0.2, 0.25) is 0 Å². The van der Waals surface area contributed by atoms with Crippen LogP contribution in [0.5, 0.6) is 0 Å². The lowest BCUT2D eigenvalue weighted by Gasteiger charge is -2.26. The number of furan rings is 1. The average molecular weight is 653 g/mol. The van der Waals surface area contributed by atoms with Crippen LogP contribution in [0.1, 0.15) is 49.9 Å². The molecule has 0 saturated heterocycles. The normalized spacial score (nSPS) is 15.0. The number of benzene rings is 8. The van der Waals surface area contributed by atoms with E-state index in [1.54, 1.807) is 0 Å². The molecule has 1 aromatic heterocycles. The van der Waals surface area contributed by atoms with Crippen molar-refractivity contribution >= 4 is 43.5 Å². The van der Waals surface area contributed by atoms with E-state index in [-0.39, 0.29) is 10.8 Å². The molecule has 0 amide bonds. The van der Waals surface area contributed by atoms with E-state index in [0.29, 0.717) is 0 Å². The van der Waals surface area contributed by atoms with Gasteiger partial charge >= 0.3 is 0 Å². The van der Waals surface area contributed by atoms with Crippen LogP contribution in [-0.2, 0) is 10.8 Å². The maximum atomic E-state index is 6.22. The van der Waals surface area contributed by atoms with Crippen LogP contribution in [0, 0.1) is 0 Å². The molecule has 51 heavy (non-hydrogen) atoms. The van der Waals surface area contributed by atoms with E-state index in [1.165, 1.54) is 88.3 Å². The van der Waals surface area contributed by atoms with Gasteiger partial charge < -0.3 is 4.42 Å². The Hall–Kier alpha value is -5.92. The number of rotatable bonds is 2. The fourth-order valence-corrected chi connectivity index (χ4v) is 9.73. The summed E-state index contributed by atoms with van der Waals surface area (Å²) in [4.78, 5) is 0. The number of hydrogen-bond acceptors (Lipinski definition) is 1. The van der Waals surface area contributed by atoms with Gasteiger partial charge in [-0.25, -0.2) is 0 Å². The van der Waals surface area contributed by atoms with E-state index in [0.717, 1.165) is 21.9 Å². The lowest BCUT2D eigenvalue weighted by atomic mass is 9.77. The zero-order valence-corrected chi connectivity index (χ0v) is 29.3. The molecule has 0 saturated carbocycles. The lowest BCUT2D eigenvalue weighted by molar-refractivity contribution is 0.639.